The minimum Gasteiger partial charge on any atom is -0.339 e. The highest BCUT2D eigenvalue weighted by atomic mass is 32.2. The van der Waals surface area contributed by atoms with Crippen LogP contribution in [0.3, 0.4) is 0 Å². The second-order valence-corrected chi connectivity index (χ2v) is 6.86. The fourth-order valence-electron chi connectivity index (χ4n) is 2.93. The first-order chi connectivity index (χ1) is 13.2. The van der Waals surface area contributed by atoms with Gasteiger partial charge in [0.15, 0.2) is 0 Å². The van der Waals surface area contributed by atoms with Crippen molar-refractivity contribution in [3.05, 3.63) is 66.4 Å². The molecule has 1 heterocycles. The van der Waals surface area contributed by atoms with Gasteiger partial charge in [0.2, 0.25) is 0 Å². The van der Waals surface area contributed by atoms with Crippen molar-refractivity contribution < 1.29 is 4.79 Å². The number of thioether (sulfide) groups is 1. The Hall–Kier alpha value is -2.73. The van der Waals surface area contributed by atoms with E-state index in [0.29, 0.717) is 18.7 Å². The molecule has 0 fully saturated rings. The summed E-state index contributed by atoms with van der Waals surface area (Å²) in [5.41, 5.74) is 2.41. The fraction of sp³-hybridized carbons (Fsp3) is 0.238. The van der Waals surface area contributed by atoms with Crippen LogP contribution in [0.15, 0.2) is 65.7 Å². The number of benzene rings is 2. The number of carbonyl (C=O) groups is 1. The summed E-state index contributed by atoms with van der Waals surface area (Å²) in [6.45, 7) is 5.36. The van der Waals surface area contributed by atoms with Crippen molar-refractivity contribution in [2.75, 3.05) is 24.7 Å². The molecule has 0 saturated heterocycles. The van der Waals surface area contributed by atoms with Gasteiger partial charge in [-0.3, -0.25) is 4.79 Å². The summed E-state index contributed by atoms with van der Waals surface area (Å²) in [7, 11) is 0. The number of rotatable bonds is 7. The molecule has 140 valence electrons. The van der Waals surface area contributed by atoms with Crippen molar-refractivity contribution in [1.82, 2.24) is 14.7 Å². The summed E-state index contributed by atoms with van der Waals surface area (Å²) in [4.78, 5) is 15.9. The maximum absolute atomic E-state index is 13.0. The zero-order valence-electron chi connectivity index (χ0n) is 15.8. The molecule has 3 rings (SSSR count). The Morgan fingerprint density at radius 2 is 1.85 bits per heavy atom. The van der Waals surface area contributed by atoms with Crippen LogP contribution in [-0.4, -0.2) is 39.9 Å². The molecule has 0 aliphatic rings. The molecule has 0 radical (unpaired) electrons. The Bertz CT molecular complexity index is 904. The molecule has 0 spiro atoms. The minimum absolute atomic E-state index is 0.0316. The molecule has 1 aromatic heterocycles. The normalized spacial score (nSPS) is 10.6. The average Bonchev–Trinajstić information content (AvgIpc) is 3.18. The molecule has 0 saturated carbocycles. The maximum Gasteiger partial charge on any atom is 0.255 e. The van der Waals surface area contributed by atoms with Crippen LogP contribution >= 0.6 is 11.8 Å². The summed E-state index contributed by atoms with van der Waals surface area (Å²) >= 11 is 1.63. The van der Waals surface area contributed by atoms with Gasteiger partial charge in [0.1, 0.15) is 5.82 Å². The van der Waals surface area contributed by atoms with E-state index in [1.807, 2.05) is 84.3 Å². The third-order valence-electron chi connectivity index (χ3n) is 4.41. The number of carbonyl (C=O) groups excluding carboxylic acids is 1. The van der Waals surface area contributed by atoms with Crippen molar-refractivity contribution in [3.8, 4) is 5.69 Å². The summed E-state index contributed by atoms with van der Waals surface area (Å²) in [6.07, 6.45) is 3.76. The monoisotopic (exact) mass is 380 g/mol. The van der Waals surface area contributed by atoms with Gasteiger partial charge in [-0.25, -0.2) is 4.68 Å². The molecule has 27 heavy (non-hydrogen) atoms. The highest BCUT2D eigenvalue weighted by Gasteiger charge is 2.18. The highest BCUT2D eigenvalue weighted by molar-refractivity contribution is 7.98. The van der Waals surface area contributed by atoms with E-state index in [1.165, 1.54) is 0 Å². The number of para-hydroxylation sites is 1. The van der Waals surface area contributed by atoms with Crippen molar-refractivity contribution in [1.29, 1.82) is 0 Å². The predicted octanol–water partition coefficient (Wildman–Crippen LogP) is 4.82. The van der Waals surface area contributed by atoms with Crippen molar-refractivity contribution in [2.24, 2.45) is 0 Å². The lowest BCUT2D eigenvalue weighted by molar-refractivity contribution is 0.0773. The predicted molar refractivity (Wildman–Crippen MR) is 112 cm³/mol. The van der Waals surface area contributed by atoms with E-state index >= 15 is 0 Å². The number of hydrogen-bond donors (Lipinski definition) is 1. The van der Waals surface area contributed by atoms with Crippen LogP contribution in [0, 0.1) is 0 Å². The lowest BCUT2D eigenvalue weighted by atomic mass is 10.1. The first-order valence-electron chi connectivity index (χ1n) is 9.01. The Morgan fingerprint density at radius 1 is 1.11 bits per heavy atom. The zero-order valence-corrected chi connectivity index (χ0v) is 16.7. The quantitative estimate of drug-likeness (QED) is 0.597. The smallest absolute Gasteiger partial charge is 0.255 e. The number of amides is 1. The lowest BCUT2D eigenvalue weighted by Gasteiger charge is -2.21. The Labute approximate surface area is 164 Å². The van der Waals surface area contributed by atoms with E-state index in [-0.39, 0.29) is 5.91 Å². The molecule has 0 aliphatic carbocycles. The van der Waals surface area contributed by atoms with Gasteiger partial charge < -0.3 is 10.2 Å². The molecule has 0 atom stereocenters. The van der Waals surface area contributed by atoms with Gasteiger partial charge >= 0.3 is 0 Å². The molecule has 3 aromatic rings. The Kier molecular flexibility index (Phi) is 6.19. The summed E-state index contributed by atoms with van der Waals surface area (Å²) < 4.78 is 1.83. The van der Waals surface area contributed by atoms with Crippen LogP contribution in [0.5, 0.6) is 0 Å². The molecule has 5 nitrogen and oxygen atoms in total. The lowest BCUT2D eigenvalue weighted by Crippen LogP contribution is -2.31. The van der Waals surface area contributed by atoms with Crippen molar-refractivity contribution >= 4 is 29.2 Å². The number of anilines is 2. The van der Waals surface area contributed by atoms with Gasteiger partial charge in [-0.05, 0) is 50.4 Å². The van der Waals surface area contributed by atoms with Crippen molar-refractivity contribution in [3.63, 3.8) is 0 Å². The number of hydrogen-bond acceptors (Lipinski definition) is 4. The standard InChI is InChI=1S/C21H24N4OS/c1-4-24(5-2)21(26)18-15-17(27-3)11-12-19(18)23-20-13-14-22-25(20)16-9-7-6-8-10-16/h6-15,23H,4-5H2,1-3H3. The maximum atomic E-state index is 13.0. The molecular weight excluding hydrogens is 356 g/mol. The van der Waals surface area contributed by atoms with E-state index < -0.39 is 0 Å². The zero-order chi connectivity index (χ0) is 19.2. The van der Waals surface area contributed by atoms with Gasteiger partial charge in [0.25, 0.3) is 5.91 Å². The molecule has 6 heteroatoms. The van der Waals surface area contributed by atoms with E-state index in [1.54, 1.807) is 18.0 Å². The average molecular weight is 381 g/mol. The first kappa shape index (κ1) is 19.0. The van der Waals surface area contributed by atoms with Gasteiger partial charge in [-0.2, -0.15) is 5.10 Å². The molecule has 0 bridgehead atoms. The van der Waals surface area contributed by atoms with Crippen LogP contribution < -0.4 is 5.32 Å². The van der Waals surface area contributed by atoms with E-state index in [2.05, 4.69) is 10.4 Å². The SMILES string of the molecule is CCN(CC)C(=O)c1cc(SC)ccc1Nc1ccnn1-c1ccccc1. The second kappa shape index (κ2) is 8.77. The number of aromatic nitrogens is 2. The van der Waals surface area contributed by atoms with Crippen LogP contribution in [0.4, 0.5) is 11.5 Å². The summed E-state index contributed by atoms with van der Waals surface area (Å²) in [5.74, 6) is 0.843. The Balaban J connectivity index is 1.99. The number of nitrogens with one attached hydrogen (secondary N) is 1. The molecule has 0 aliphatic heterocycles. The van der Waals surface area contributed by atoms with Crippen molar-refractivity contribution in [2.45, 2.75) is 18.7 Å². The van der Waals surface area contributed by atoms with Crippen LogP contribution in [0.25, 0.3) is 5.69 Å². The van der Waals surface area contributed by atoms with Crippen LogP contribution in [0.2, 0.25) is 0 Å². The van der Waals surface area contributed by atoms with Gasteiger partial charge in [-0.1, -0.05) is 18.2 Å². The molecule has 1 amide bonds. The topological polar surface area (TPSA) is 50.2 Å². The molecular formula is C21H24N4OS. The second-order valence-electron chi connectivity index (χ2n) is 5.98. The largest absolute Gasteiger partial charge is 0.339 e. The first-order valence-corrected chi connectivity index (χ1v) is 10.2. The van der Waals surface area contributed by atoms with Gasteiger partial charge in [0.05, 0.1) is 23.1 Å². The van der Waals surface area contributed by atoms with E-state index in [4.69, 9.17) is 0 Å². The Morgan fingerprint density at radius 3 is 2.52 bits per heavy atom. The third kappa shape index (κ3) is 4.17. The van der Waals surface area contributed by atoms with Gasteiger partial charge in [-0.15, -0.1) is 11.8 Å². The summed E-state index contributed by atoms with van der Waals surface area (Å²) in [6, 6.07) is 17.8. The van der Waals surface area contributed by atoms with E-state index in [0.717, 1.165) is 22.1 Å². The van der Waals surface area contributed by atoms with E-state index in [9.17, 15) is 4.79 Å². The fourth-order valence-corrected chi connectivity index (χ4v) is 3.37. The molecule has 0 unspecified atom stereocenters. The van der Waals surface area contributed by atoms with Crippen LogP contribution in [0.1, 0.15) is 24.2 Å². The van der Waals surface area contributed by atoms with Crippen LogP contribution in [-0.2, 0) is 0 Å². The number of nitrogens with zero attached hydrogens (tertiary/aromatic N) is 3. The van der Waals surface area contributed by atoms with Gasteiger partial charge in [0, 0.05) is 24.1 Å². The summed E-state index contributed by atoms with van der Waals surface area (Å²) in [5, 5.41) is 7.81. The molecule has 2 aromatic carbocycles. The highest BCUT2D eigenvalue weighted by Crippen LogP contribution is 2.28. The molecule has 1 N–H and O–H groups in total. The minimum atomic E-state index is 0.0316. The third-order valence-corrected chi connectivity index (χ3v) is 5.14.